The van der Waals surface area contributed by atoms with Gasteiger partial charge in [-0.3, -0.25) is 4.90 Å². The third kappa shape index (κ3) is 8.36. The fourth-order valence-electron chi connectivity index (χ4n) is 5.90. The van der Waals surface area contributed by atoms with Crippen LogP contribution in [0.15, 0.2) is 103 Å². The van der Waals surface area contributed by atoms with Crippen molar-refractivity contribution in [2.24, 2.45) is 0 Å². The molecule has 2 aliphatic heterocycles. The first kappa shape index (κ1) is 31.0. The van der Waals surface area contributed by atoms with Crippen molar-refractivity contribution < 1.29 is 24.1 Å². The Morgan fingerprint density at radius 2 is 1.44 bits per heavy atom. The molecule has 2 amide bonds. The first-order valence-electron chi connectivity index (χ1n) is 15.7. The summed E-state index contributed by atoms with van der Waals surface area (Å²) in [5.74, 6) is 0. The zero-order valence-corrected chi connectivity index (χ0v) is 25.4. The van der Waals surface area contributed by atoms with E-state index in [-0.39, 0.29) is 24.8 Å². The second-order valence-corrected chi connectivity index (χ2v) is 11.6. The zero-order chi connectivity index (χ0) is 30.8. The van der Waals surface area contributed by atoms with Crippen molar-refractivity contribution in [2.75, 3.05) is 32.8 Å². The molecule has 234 valence electrons. The number of carbonyl (C=O) groups excluding carboxylic acids is 1. The van der Waals surface area contributed by atoms with Crippen LogP contribution in [0.4, 0.5) is 4.79 Å². The van der Waals surface area contributed by atoms with Gasteiger partial charge in [-0.15, -0.1) is 0 Å². The molecule has 4 aromatic rings. The van der Waals surface area contributed by atoms with Crippen LogP contribution in [0.5, 0.6) is 0 Å². The van der Waals surface area contributed by atoms with Crippen LogP contribution in [0, 0.1) is 0 Å². The highest BCUT2D eigenvalue weighted by Gasteiger charge is 2.33. The third-order valence-corrected chi connectivity index (χ3v) is 8.43. The van der Waals surface area contributed by atoms with Crippen LogP contribution in [0.1, 0.15) is 46.6 Å². The first-order valence-corrected chi connectivity index (χ1v) is 15.7. The van der Waals surface area contributed by atoms with Crippen LogP contribution < -0.4 is 10.6 Å². The fraction of sp³-hybridized carbons (Fsp3) is 0.324. The summed E-state index contributed by atoms with van der Waals surface area (Å²) < 4.78 is 18.7. The second-order valence-electron chi connectivity index (χ2n) is 11.6. The van der Waals surface area contributed by atoms with Gasteiger partial charge in [-0.2, -0.15) is 0 Å². The van der Waals surface area contributed by atoms with Crippen LogP contribution in [0.2, 0.25) is 0 Å². The number of morpholine rings is 1. The molecular formula is C37H41N3O5. The van der Waals surface area contributed by atoms with Gasteiger partial charge in [-0.1, -0.05) is 103 Å². The second kappa shape index (κ2) is 15.3. The number of ether oxygens (including phenoxy) is 3. The van der Waals surface area contributed by atoms with Crippen LogP contribution >= 0.6 is 0 Å². The highest BCUT2D eigenvalue weighted by molar-refractivity contribution is 5.75. The van der Waals surface area contributed by atoms with Crippen molar-refractivity contribution >= 4 is 6.03 Å². The van der Waals surface area contributed by atoms with Crippen molar-refractivity contribution in [3.63, 3.8) is 0 Å². The highest BCUT2D eigenvalue weighted by atomic mass is 16.7. The molecular weight excluding hydrogens is 566 g/mol. The first-order chi connectivity index (χ1) is 22.1. The topological polar surface area (TPSA) is 92.3 Å². The molecule has 0 radical (unpaired) electrons. The van der Waals surface area contributed by atoms with Gasteiger partial charge in [0.1, 0.15) is 0 Å². The summed E-state index contributed by atoms with van der Waals surface area (Å²) in [4.78, 5) is 14.9. The molecule has 2 saturated heterocycles. The lowest BCUT2D eigenvalue weighted by Crippen LogP contribution is -2.44. The predicted octanol–water partition coefficient (Wildman–Crippen LogP) is 5.72. The monoisotopic (exact) mass is 607 g/mol. The molecule has 0 bridgehead atoms. The summed E-state index contributed by atoms with van der Waals surface area (Å²) in [5, 5.41) is 15.4. The number of hydrogen-bond acceptors (Lipinski definition) is 6. The molecule has 0 unspecified atom stereocenters. The minimum absolute atomic E-state index is 0.00359. The molecule has 2 heterocycles. The number of hydrogen-bond donors (Lipinski definition) is 3. The average molecular weight is 608 g/mol. The van der Waals surface area contributed by atoms with E-state index in [0.717, 1.165) is 78.2 Å². The van der Waals surface area contributed by atoms with Gasteiger partial charge >= 0.3 is 6.03 Å². The molecule has 0 aromatic heterocycles. The maximum absolute atomic E-state index is 12.5. The van der Waals surface area contributed by atoms with Gasteiger partial charge in [0.15, 0.2) is 6.29 Å². The molecule has 6 rings (SSSR count). The summed E-state index contributed by atoms with van der Waals surface area (Å²) in [6.45, 7) is 5.02. The van der Waals surface area contributed by atoms with Crippen molar-refractivity contribution in [1.29, 1.82) is 0 Å². The number of nitrogens with one attached hydrogen (secondary N) is 2. The Bertz CT molecular complexity index is 1510. The van der Waals surface area contributed by atoms with E-state index in [4.69, 9.17) is 14.2 Å². The Kier molecular flexibility index (Phi) is 10.5. The number of rotatable bonds is 10. The Labute approximate surface area is 264 Å². The Balaban J connectivity index is 1.14. The van der Waals surface area contributed by atoms with Crippen LogP contribution in [0.25, 0.3) is 11.1 Å². The zero-order valence-electron chi connectivity index (χ0n) is 25.4. The van der Waals surface area contributed by atoms with E-state index in [0.29, 0.717) is 13.1 Å². The van der Waals surface area contributed by atoms with E-state index >= 15 is 0 Å². The number of nitrogens with zero attached hydrogens (tertiary/aromatic N) is 1. The lowest BCUT2D eigenvalue weighted by Gasteiger charge is -2.39. The van der Waals surface area contributed by atoms with E-state index in [1.54, 1.807) is 0 Å². The Morgan fingerprint density at radius 3 is 2.20 bits per heavy atom. The van der Waals surface area contributed by atoms with Gasteiger partial charge in [0, 0.05) is 44.7 Å². The van der Waals surface area contributed by atoms with Crippen molar-refractivity contribution in [3.05, 3.63) is 131 Å². The minimum atomic E-state index is -0.508. The third-order valence-electron chi connectivity index (χ3n) is 8.43. The standard InChI is InChI=1S/C37H41N3O5/c41-26-28-10-12-30(13-11-28)35-22-33(25-40-18-20-43-21-19-40)44-36(45-35)31-16-14-29(15-17-31)34-9-5-4-8-32(34)24-39-37(42)38-23-27-6-2-1-3-7-27/h1-17,33,35-36,41H,18-26H2,(H2,38,39,42)/t33-,35+,36+/m0/s1. The van der Waals surface area contributed by atoms with E-state index < -0.39 is 6.29 Å². The van der Waals surface area contributed by atoms with Crippen LogP contribution in [-0.4, -0.2) is 55.0 Å². The number of benzene rings is 4. The van der Waals surface area contributed by atoms with Crippen LogP contribution in [-0.2, 0) is 33.9 Å². The normalized spacial score (nSPS) is 20.4. The molecule has 45 heavy (non-hydrogen) atoms. The van der Waals surface area contributed by atoms with Gasteiger partial charge < -0.3 is 30.0 Å². The van der Waals surface area contributed by atoms with Crippen molar-refractivity contribution in [2.45, 2.75) is 44.6 Å². The quantitative estimate of drug-likeness (QED) is 0.214. The van der Waals surface area contributed by atoms with Gasteiger partial charge in [-0.05, 0) is 33.4 Å². The number of urea groups is 1. The number of aliphatic hydroxyl groups excluding tert-OH is 1. The van der Waals surface area contributed by atoms with Gasteiger partial charge in [-0.25, -0.2) is 4.79 Å². The number of aliphatic hydroxyl groups is 1. The molecule has 2 aliphatic rings. The van der Waals surface area contributed by atoms with E-state index in [1.165, 1.54) is 0 Å². The van der Waals surface area contributed by atoms with E-state index in [1.807, 2.05) is 72.8 Å². The summed E-state index contributed by atoms with van der Waals surface area (Å²) in [7, 11) is 0. The van der Waals surface area contributed by atoms with Gasteiger partial charge in [0.05, 0.1) is 32.0 Å². The smallest absolute Gasteiger partial charge is 0.315 e. The molecule has 3 atom stereocenters. The van der Waals surface area contributed by atoms with E-state index in [2.05, 4.69) is 45.9 Å². The molecule has 8 nitrogen and oxygen atoms in total. The van der Waals surface area contributed by atoms with Crippen LogP contribution in [0.3, 0.4) is 0 Å². The number of amides is 2. The SMILES string of the molecule is O=C(NCc1ccccc1)NCc1ccccc1-c1ccc([C@@H]2O[C@H](CN3CCOCC3)C[C@H](c3ccc(CO)cc3)O2)cc1. The maximum Gasteiger partial charge on any atom is 0.315 e. The molecule has 0 aliphatic carbocycles. The molecule has 4 aromatic carbocycles. The summed E-state index contributed by atoms with van der Waals surface area (Å²) >= 11 is 0. The molecule has 2 fully saturated rings. The lowest BCUT2D eigenvalue weighted by molar-refractivity contribution is -0.253. The maximum atomic E-state index is 12.5. The fourth-order valence-corrected chi connectivity index (χ4v) is 5.90. The molecule has 8 heteroatoms. The Hall–Kier alpha value is -4.05. The van der Waals surface area contributed by atoms with E-state index in [9.17, 15) is 9.90 Å². The summed E-state index contributed by atoms with van der Waals surface area (Å²) in [6, 6.07) is 34.1. The largest absolute Gasteiger partial charge is 0.392 e. The summed E-state index contributed by atoms with van der Waals surface area (Å²) in [5.41, 5.74) is 7.12. The predicted molar refractivity (Wildman–Crippen MR) is 173 cm³/mol. The lowest BCUT2D eigenvalue weighted by atomic mass is 9.97. The van der Waals surface area contributed by atoms with Crippen molar-refractivity contribution in [3.8, 4) is 11.1 Å². The minimum Gasteiger partial charge on any atom is -0.392 e. The molecule has 0 saturated carbocycles. The highest BCUT2D eigenvalue weighted by Crippen LogP contribution is 2.39. The molecule has 3 N–H and O–H groups in total. The summed E-state index contributed by atoms with van der Waals surface area (Å²) in [6.07, 6.45) is 0.126. The van der Waals surface area contributed by atoms with Crippen molar-refractivity contribution in [1.82, 2.24) is 15.5 Å². The average Bonchev–Trinajstić information content (AvgIpc) is 3.11. The van der Waals surface area contributed by atoms with Gasteiger partial charge in [0.25, 0.3) is 0 Å². The molecule has 0 spiro atoms. The number of carbonyl (C=O) groups is 1. The Morgan fingerprint density at radius 1 is 0.756 bits per heavy atom. The van der Waals surface area contributed by atoms with Gasteiger partial charge in [0.2, 0.25) is 0 Å².